The van der Waals surface area contributed by atoms with Gasteiger partial charge in [0.05, 0.1) is 0 Å². The van der Waals surface area contributed by atoms with Gasteiger partial charge in [0, 0.05) is 30.4 Å². The number of nitrogens with one attached hydrogen (secondary N) is 1. The van der Waals surface area contributed by atoms with E-state index in [0.717, 1.165) is 0 Å². The fraction of sp³-hybridized carbons (Fsp3) is 0.368. The zero-order chi connectivity index (χ0) is 19.3. The minimum absolute atomic E-state index is 0.00132. The van der Waals surface area contributed by atoms with E-state index in [-0.39, 0.29) is 24.3 Å². The van der Waals surface area contributed by atoms with Gasteiger partial charge in [0.2, 0.25) is 0 Å². The van der Waals surface area contributed by atoms with Crippen LogP contribution in [0.5, 0.6) is 0 Å². The summed E-state index contributed by atoms with van der Waals surface area (Å²) in [5.41, 5.74) is 1.50. The molecule has 0 aliphatic rings. The Bertz CT molecular complexity index is 846. The number of H-pyrrole nitrogens is 1. The maximum absolute atomic E-state index is 12.4. The first-order valence-electron chi connectivity index (χ1n) is 8.38. The van der Waals surface area contributed by atoms with E-state index in [1.807, 2.05) is 18.2 Å². The van der Waals surface area contributed by atoms with Crippen LogP contribution >= 0.6 is 0 Å². The molecule has 7 heteroatoms. The number of aromatic amines is 1. The Morgan fingerprint density at radius 2 is 1.88 bits per heavy atom. The van der Waals surface area contributed by atoms with Crippen molar-refractivity contribution in [1.82, 2.24) is 9.97 Å². The molecule has 1 atom stereocenters. The fourth-order valence-corrected chi connectivity index (χ4v) is 2.63. The summed E-state index contributed by atoms with van der Waals surface area (Å²) in [6, 6.07) is 9.10. The first-order chi connectivity index (χ1) is 12.3. The molecular weight excluding hydrogens is 334 g/mol. The number of nitrogens with zero attached hydrogens (tertiary/aromatic N) is 2. The Kier molecular flexibility index (Phi) is 6.27. The van der Waals surface area contributed by atoms with Crippen LogP contribution in [0.4, 0.5) is 5.69 Å². The number of esters is 1. The number of para-hydroxylation sites is 1. The average Bonchev–Trinajstić information content (AvgIpc) is 2.60. The maximum Gasteiger partial charge on any atom is 0.306 e. The smallest absolute Gasteiger partial charge is 0.306 e. The highest BCUT2D eigenvalue weighted by atomic mass is 16.5. The van der Waals surface area contributed by atoms with Crippen LogP contribution in [0.2, 0.25) is 0 Å². The topological polar surface area (TPSA) is 92.4 Å². The van der Waals surface area contributed by atoms with Crippen LogP contribution in [0.3, 0.4) is 0 Å². The van der Waals surface area contributed by atoms with Crippen LogP contribution in [-0.4, -0.2) is 35.0 Å². The van der Waals surface area contributed by atoms with Crippen LogP contribution < -0.4 is 10.5 Å². The molecule has 0 fully saturated rings. The molecule has 1 aromatic carbocycles. The summed E-state index contributed by atoms with van der Waals surface area (Å²) in [6.07, 6.45) is -0.701. The Morgan fingerprint density at radius 3 is 2.50 bits per heavy atom. The highest BCUT2D eigenvalue weighted by molar-refractivity contribution is 5.96. The first-order valence-corrected chi connectivity index (χ1v) is 8.38. The summed E-state index contributed by atoms with van der Waals surface area (Å²) in [6.45, 7) is 4.96. The van der Waals surface area contributed by atoms with Gasteiger partial charge in [-0.3, -0.25) is 14.4 Å². The largest absolute Gasteiger partial charge is 0.453 e. The van der Waals surface area contributed by atoms with Gasteiger partial charge >= 0.3 is 5.97 Å². The van der Waals surface area contributed by atoms with Crippen molar-refractivity contribution in [2.45, 2.75) is 39.7 Å². The van der Waals surface area contributed by atoms with Crippen molar-refractivity contribution in [3.8, 4) is 0 Å². The SMILES string of the molecule is Cc1nc(C)c(CCC(=O)OC(C)C(=O)N(C)c2ccccc2)c(=O)[nH]1. The van der Waals surface area contributed by atoms with Gasteiger partial charge in [0.25, 0.3) is 11.5 Å². The lowest BCUT2D eigenvalue weighted by molar-refractivity contribution is -0.153. The third kappa shape index (κ3) is 4.78. The van der Waals surface area contributed by atoms with Gasteiger partial charge in [-0.1, -0.05) is 18.2 Å². The van der Waals surface area contributed by atoms with Crippen molar-refractivity contribution in [2.75, 3.05) is 11.9 Å². The van der Waals surface area contributed by atoms with E-state index in [0.29, 0.717) is 22.8 Å². The van der Waals surface area contributed by atoms with Gasteiger partial charge in [0.1, 0.15) is 5.82 Å². The molecule has 0 aliphatic carbocycles. The molecule has 1 N–H and O–H groups in total. The van der Waals surface area contributed by atoms with Crippen molar-refractivity contribution in [2.24, 2.45) is 0 Å². The molecule has 0 radical (unpaired) electrons. The lowest BCUT2D eigenvalue weighted by atomic mass is 10.1. The fourth-order valence-electron chi connectivity index (χ4n) is 2.63. The summed E-state index contributed by atoms with van der Waals surface area (Å²) >= 11 is 0. The van der Waals surface area contributed by atoms with Gasteiger partial charge in [-0.05, 0) is 39.3 Å². The Morgan fingerprint density at radius 1 is 1.23 bits per heavy atom. The van der Waals surface area contributed by atoms with E-state index in [9.17, 15) is 14.4 Å². The van der Waals surface area contributed by atoms with Crippen LogP contribution in [0.15, 0.2) is 35.1 Å². The molecule has 1 amide bonds. The molecule has 1 heterocycles. The number of aryl methyl sites for hydroxylation is 2. The number of hydrogen-bond donors (Lipinski definition) is 1. The van der Waals surface area contributed by atoms with Crippen molar-refractivity contribution in [3.05, 3.63) is 57.8 Å². The summed E-state index contributed by atoms with van der Waals surface area (Å²) in [4.78, 5) is 44.6. The molecular formula is C19H23N3O4. The maximum atomic E-state index is 12.4. The summed E-state index contributed by atoms with van der Waals surface area (Å²) < 4.78 is 5.22. The lowest BCUT2D eigenvalue weighted by Gasteiger charge is -2.21. The minimum atomic E-state index is -0.914. The molecule has 0 aliphatic heterocycles. The quantitative estimate of drug-likeness (QED) is 0.797. The number of hydrogen-bond acceptors (Lipinski definition) is 5. The number of carbonyl (C=O) groups excluding carboxylic acids is 2. The molecule has 0 saturated carbocycles. The molecule has 2 aromatic rings. The second-order valence-corrected chi connectivity index (χ2v) is 6.08. The molecule has 0 bridgehead atoms. The van der Waals surface area contributed by atoms with E-state index >= 15 is 0 Å². The molecule has 1 aromatic heterocycles. The number of aromatic nitrogens is 2. The number of amides is 1. The number of ether oxygens (including phenoxy) is 1. The third-order valence-electron chi connectivity index (χ3n) is 4.05. The highest BCUT2D eigenvalue weighted by Gasteiger charge is 2.22. The summed E-state index contributed by atoms with van der Waals surface area (Å²) in [5.74, 6) is -0.329. The predicted octanol–water partition coefficient (Wildman–Crippen LogP) is 1.91. The minimum Gasteiger partial charge on any atom is -0.453 e. The highest BCUT2D eigenvalue weighted by Crippen LogP contribution is 2.13. The van der Waals surface area contributed by atoms with E-state index in [1.165, 1.54) is 11.8 Å². The number of rotatable bonds is 6. The van der Waals surface area contributed by atoms with E-state index in [1.54, 1.807) is 33.0 Å². The molecule has 0 spiro atoms. The third-order valence-corrected chi connectivity index (χ3v) is 4.05. The Balaban J connectivity index is 1.93. The van der Waals surface area contributed by atoms with Gasteiger partial charge in [0.15, 0.2) is 6.10 Å². The molecule has 0 saturated heterocycles. The van der Waals surface area contributed by atoms with Crippen molar-refractivity contribution >= 4 is 17.6 Å². The van der Waals surface area contributed by atoms with Gasteiger partial charge in [-0.15, -0.1) is 0 Å². The predicted molar refractivity (Wildman–Crippen MR) is 98.1 cm³/mol. The standard InChI is InChI=1S/C19H23N3O4/c1-12-16(18(24)21-14(3)20-12)10-11-17(23)26-13(2)19(25)22(4)15-8-6-5-7-9-15/h5-9,13H,10-11H2,1-4H3,(H,20,21,24). The Hall–Kier alpha value is -2.96. The van der Waals surface area contributed by atoms with Gasteiger partial charge < -0.3 is 14.6 Å². The first kappa shape index (κ1) is 19.4. The van der Waals surface area contributed by atoms with Crippen molar-refractivity contribution in [1.29, 1.82) is 0 Å². The van der Waals surface area contributed by atoms with Crippen molar-refractivity contribution < 1.29 is 14.3 Å². The second-order valence-electron chi connectivity index (χ2n) is 6.08. The summed E-state index contributed by atoms with van der Waals surface area (Å²) in [7, 11) is 1.63. The molecule has 7 nitrogen and oxygen atoms in total. The van der Waals surface area contributed by atoms with Crippen molar-refractivity contribution in [3.63, 3.8) is 0 Å². The van der Waals surface area contributed by atoms with Gasteiger partial charge in [-0.25, -0.2) is 4.98 Å². The molecule has 2 rings (SSSR count). The average molecular weight is 357 g/mol. The van der Waals surface area contributed by atoms with E-state index < -0.39 is 12.1 Å². The van der Waals surface area contributed by atoms with E-state index in [2.05, 4.69) is 9.97 Å². The lowest BCUT2D eigenvalue weighted by Crippen LogP contribution is -2.37. The second kappa shape index (κ2) is 8.42. The normalized spacial score (nSPS) is 11.7. The number of anilines is 1. The number of likely N-dealkylation sites (N-methyl/N-ethyl adjacent to an activating group) is 1. The Labute approximate surface area is 152 Å². The van der Waals surface area contributed by atoms with E-state index in [4.69, 9.17) is 4.74 Å². The molecule has 138 valence electrons. The van der Waals surface area contributed by atoms with Crippen LogP contribution in [0.1, 0.15) is 30.4 Å². The summed E-state index contributed by atoms with van der Waals surface area (Å²) in [5, 5.41) is 0. The number of carbonyl (C=O) groups is 2. The molecule has 1 unspecified atom stereocenters. The van der Waals surface area contributed by atoms with Crippen LogP contribution in [-0.2, 0) is 20.7 Å². The molecule has 26 heavy (non-hydrogen) atoms. The van der Waals surface area contributed by atoms with Gasteiger partial charge in [-0.2, -0.15) is 0 Å². The monoisotopic (exact) mass is 357 g/mol. The zero-order valence-electron chi connectivity index (χ0n) is 15.4. The van der Waals surface area contributed by atoms with Crippen LogP contribution in [0, 0.1) is 13.8 Å². The van der Waals surface area contributed by atoms with Crippen LogP contribution in [0.25, 0.3) is 0 Å². The zero-order valence-corrected chi connectivity index (χ0v) is 15.4. The number of benzene rings is 1.